The summed E-state index contributed by atoms with van der Waals surface area (Å²) in [6, 6.07) is 5.92. The Morgan fingerprint density at radius 1 is 1.37 bits per heavy atom. The van der Waals surface area contributed by atoms with Gasteiger partial charge in [-0.05, 0) is 18.9 Å². The Labute approximate surface area is 181 Å². The Bertz CT molecular complexity index is 968. The molecule has 1 aliphatic rings. The minimum atomic E-state index is -0.385. The zero-order valence-electron chi connectivity index (χ0n) is 17.9. The summed E-state index contributed by atoms with van der Waals surface area (Å²) in [5.74, 6) is 1.50. The third-order valence-corrected chi connectivity index (χ3v) is 6.27. The molecule has 0 amide bonds. The van der Waals surface area contributed by atoms with Crippen LogP contribution in [0.1, 0.15) is 31.4 Å². The van der Waals surface area contributed by atoms with Crippen molar-refractivity contribution >= 4 is 11.8 Å². The number of hydrogen-bond acceptors (Lipinski definition) is 6. The van der Waals surface area contributed by atoms with Crippen LogP contribution in [-0.2, 0) is 23.1 Å². The van der Waals surface area contributed by atoms with E-state index in [0.29, 0.717) is 43.5 Å². The molecule has 3 rings (SSSR count). The molecule has 0 aliphatic heterocycles. The Morgan fingerprint density at radius 2 is 2.17 bits per heavy atom. The number of aromatic nitrogens is 2. The van der Waals surface area contributed by atoms with Crippen LogP contribution in [-0.4, -0.2) is 47.3 Å². The van der Waals surface area contributed by atoms with Gasteiger partial charge in [0.15, 0.2) is 5.16 Å². The maximum atomic E-state index is 13.5. The monoisotopic (exact) mass is 430 g/mol. The van der Waals surface area contributed by atoms with Gasteiger partial charge in [-0.15, -0.1) is 6.58 Å². The maximum absolute atomic E-state index is 13.5. The molecule has 0 radical (unpaired) electrons. The molecule has 0 atom stereocenters. The molecule has 6 nitrogen and oxygen atoms in total. The predicted octanol–water partition coefficient (Wildman–Crippen LogP) is 3.43. The van der Waals surface area contributed by atoms with Crippen molar-refractivity contribution in [1.82, 2.24) is 9.55 Å². The zero-order valence-corrected chi connectivity index (χ0v) is 18.8. The lowest BCUT2D eigenvalue weighted by Crippen LogP contribution is -2.38. The van der Waals surface area contributed by atoms with Crippen molar-refractivity contribution < 1.29 is 14.6 Å². The number of nitrogens with zero attached hydrogens (tertiary/aromatic N) is 2. The number of fused-ring (bicyclic) bond motifs is 3. The van der Waals surface area contributed by atoms with E-state index >= 15 is 0 Å². The van der Waals surface area contributed by atoms with Crippen LogP contribution in [0.5, 0.6) is 5.75 Å². The molecule has 1 aromatic heterocycles. The third-order valence-electron chi connectivity index (χ3n) is 5.21. The minimum Gasteiger partial charge on any atom is -0.491 e. The Morgan fingerprint density at radius 3 is 2.87 bits per heavy atom. The van der Waals surface area contributed by atoms with Gasteiger partial charge in [0.05, 0.1) is 12.3 Å². The number of aliphatic hydroxyl groups excluding tert-OH is 1. The van der Waals surface area contributed by atoms with Crippen molar-refractivity contribution in [3.05, 3.63) is 52.3 Å². The lowest BCUT2D eigenvalue weighted by atomic mass is 9.72. The molecule has 0 saturated carbocycles. The molecule has 1 heterocycles. The molecule has 0 fully saturated rings. The van der Waals surface area contributed by atoms with Gasteiger partial charge in [0.25, 0.3) is 5.56 Å². The predicted molar refractivity (Wildman–Crippen MR) is 121 cm³/mol. The molecule has 2 aromatic rings. The van der Waals surface area contributed by atoms with Crippen LogP contribution in [0.3, 0.4) is 0 Å². The van der Waals surface area contributed by atoms with Crippen molar-refractivity contribution in [2.45, 2.75) is 43.8 Å². The first kappa shape index (κ1) is 22.6. The molecular formula is C23H30N2O4S. The van der Waals surface area contributed by atoms with Gasteiger partial charge in [-0.1, -0.05) is 43.8 Å². The van der Waals surface area contributed by atoms with Crippen LogP contribution in [0.4, 0.5) is 0 Å². The van der Waals surface area contributed by atoms with Crippen LogP contribution >= 0.6 is 11.8 Å². The number of hydrogen-bond donors (Lipinski definition) is 1. The minimum absolute atomic E-state index is 0.0206. The van der Waals surface area contributed by atoms with E-state index < -0.39 is 0 Å². The number of benzene rings is 1. The van der Waals surface area contributed by atoms with Gasteiger partial charge in [-0.25, -0.2) is 4.98 Å². The largest absolute Gasteiger partial charge is 0.491 e. The Hall–Kier alpha value is -2.09. The van der Waals surface area contributed by atoms with Crippen molar-refractivity contribution in [2.75, 3.05) is 32.7 Å². The number of rotatable bonds is 10. The first-order valence-electron chi connectivity index (χ1n) is 10.2. The summed E-state index contributed by atoms with van der Waals surface area (Å²) < 4.78 is 12.8. The Balaban J connectivity index is 2.17. The summed E-state index contributed by atoms with van der Waals surface area (Å²) in [6.07, 6.45) is 3.06. The number of thioether (sulfide) groups is 1. The van der Waals surface area contributed by atoms with Gasteiger partial charge in [-0.3, -0.25) is 9.36 Å². The highest BCUT2D eigenvalue weighted by atomic mass is 32.2. The molecule has 7 heteroatoms. The number of allylic oxidation sites excluding steroid dienone is 1. The standard InChI is InChI=1S/C23H30N2O4S/c1-5-10-25-21(27)19-20(24-22(25)30-14-7-11-26)16-8-6-9-18(29-13-12-28-4)17(16)15-23(19,2)3/h5-6,8-9,26H,1,7,10-15H2,2-4H3. The van der Waals surface area contributed by atoms with Crippen molar-refractivity contribution in [3.8, 4) is 17.0 Å². The fraction of sp³-hybridized carbons (Fsp3) is 0.478. The molecule has 1 N–H and O–H groups in total. The third kappa shape index (κ3) is 4.48. The van der Waals surface area contributed by atoms with E-state index in [1.54, 1.807) is 17.8 Å². The topological polar surface area (TPSA) is 73.6 Å². The SMILES string of the molecule is C=CCn1c(SCCCO)nc2c(c1=O)C(C)(C)Cc1c(OCCOC)cccc1-2. The molecule has 1 aromatic carbocycles. The van der Waals surface area contributed by atoms with Gasteiger partial charge in [-0.2, -0.15) is 0 Å². The zero-order chi connectivity index (χ0) is 21.7. The summed E-state index contributed by atoms with van der Waals surface area (Å²) >= 11 is 1.49. The van der Waals surface area contributed by atoms with E-state index in [4.69, 9.17) is 19.6 Å². The smallest absolute Gasteiger partial charge is 0.258 e. The van der Waals surface area contributed by atoms with E-state index in [-0.39, 0.29) is 17.6 Å². The normalized spacial score (nSPS) is 14.1. The second kappa shape index (κ2) is 9.81. The van der Waals surface area contributed by atoms with Crippen LogP contribution in [0, 0.1) is 0 Å². The van der Waals surface area contributed by atoms with Crippen molar-refractivity contribution in [2.24, 2.45) is 0 Å². The van der Waals surface area contributed by atoms with Crippen LogP contribution in [0.2, 0.25) is 0 Å². The van der Waals surface area contributed by atoms with Crippen molar-refractivity contribution in [3.63, 3.8) is 0 Å². The molecule has 0 spiro atoms. The second-order valence-electron chi connectivity index (χ2n) is 7.93. The molecule has 162 valence electrons. The quantitative estimate of drug-likeness (QED) is 0.269. The highest BCUT2D eigenvalue weighted by Gasteiger charge is 2.37. The van der Waals surface area contributed by atoms with E-state index in [2.05, 4.69) is 20.4 Å². The Kier molecular flexibility index (Phi) is 7.39. The average molecular weight is 431 g/mol. The van der Waals surface area contributed by atoms with Gasteiger partial charge in [0, 0.05) is 48.1 Å². The first-order chi connectivity index (χ1) is 14.4. The highest BCUT2D eigenvalue weighted by Crippen LogP contribution is 2.44. The molecule has 30 heavy (non-hydrogen) atoms. The molecule has 0 bridgehead atoms. The fourth-order valence-corrected chi connectivity index (χ4v) is 4.76. The summed E-state index contributed by atoms with van der Waals surface area (Å²) in [5.41, 5.74) is 3.09. The van der Waals surface area contributed by atoms with E-state index in [1.165, 1.54) is 11.8 Å². The fourth-order valence-electron chi connectivity index (χ4n) is 3.84. The van der Waals surface area contributed by atoms with Gasteiger partial charge < -0.3 is 14.6 Å². The molecular weight excluding hydrogens is 400 g/mol. The summed E-state index contributed by atoms with van der Waals surface area (Å²) in [4.78, 5) is 18.5. The summed E-state index contributed by atoms with van der Waals surface area (Å²) in [7, 11) is 1.65. The van der Waals surface area contributed by atoms with E-state index in [0.717, 1.165) is 28.1 Å². The van der Waals surface area contributed by atoms with Crippen LogP contribution in [0.15, 0.2) is 40.8 Å². The lowest BCUT2D eigenvalue weighted by Gasteiger charge is -2.34. The van der Waals surface area contributed by atoms with Crippen molar-refractivity contribution in [1.29, 1.82) is 0 Å². The lowest BCUT2D eigenvalue weighted by molar-refractivity contribution is 0.145. The van der Waals surface area contributed by atoms with Gasteiger partial charge in [0.2, 0.25) is 0 Å². The van der Waals surface area contributed by atoms with E-state index in [9.17, 15) is 4.79 Å². The van der Waals surface area contributed by atoms with Gasteiger partial charge >= 0.3 is 0 Å². The number of ether oxygens (including phenoxy) is 2. The van der Waals surface area contributed by atoms with E-state index in [1.807, 2.05) is 18.2 Å². The van der Waals surface area contributed by atoms with Crippen LogP contribution in [0.25, 0.3) is 11.3 Å². The summed E-state index contributed by atoms with van der Waals surface area (Å²) in [6.45, 7) is 9.47. The second-order valence-corrected chi connectivity index (χ2v) is 8.99. The average Bonchev–Trinajstić information content (AvgIpc) is 2.70. The highest BCUT2D eigenvalue weighted by molar-refractivity contribution is 7.99. The maximum Gasteiger partial charge on any atom is 0.258 e. The molecule has 1 aliphatic carbocycles. The molecule has 0 unspecified atom stereocenters. The first-order valence-corrected chi connectivity index (χ1v) is 11.2. The number of methoxy groups -OCH3 is 1. The van der Waals surface area contributed by atoms with Crippen LogP contribution < -0.4 is 10.3 Å². The van der Waals surface area contributed by atoms with Gasteiger partial charge in [0.1, 0.15) is 12.4 Å². The number of aliphatic hydroxyl groups is 1. The molecule has 0 saturated heterocycles. The summed E-state index contributed by atoms with van der Waals surface area (Å²) in [5, 5.41) is 9.79.